The number of hydrogen-bond acceptors (Lipinski definition) is 2. The Balaban J connectivity index is 1.99. The van der Waals surface area contributed by atoms with Crippen LogP contribution in [0.4, 0.5) is 0 Å². The van der Waals surface area contributed by atoms with Crippen molar-refractivity contribution < 1.29 is 5.11 Å². The predicted molar refractivity (Wildman–Crippen MR) is 76.4 cm³/mol. The van der Waals surface area contributed by atoms with Gasteiger partial charge in [0.15, 0.2) is 0 Å². The molecule has 18 heavy (non-hydrogen) atoms. The Labute approximate surface area is 116 Å². The maximum Gasteiger partial charge on any atom is 0.0466 e. The number of nitrogens with zero attached hydrogens (tertiary/aromatic N) is 1. The lowest BCUT2D eigenvalue weighted by molar-refractivity contribution is 0.224. The number of aliphatic hydroxyl groups is 1. The average Bonchev–Trinajstić information content (AvgIpc) is 2.41. The van der Waals surface area contributed by atoms with E-state index in [4.69, 9.17) is 0 Å². The number of rotatable bonds is 5. The first-order chi connectivity index (χ1) is 8.78. The zero-order valence-electron chi connectivity index (χ0n) is 10.1. The van der Waals surface area contributed by atoms with Crippen LogP contribution < -0.4 is 0 Å². The van der Waals surface area contributed by atoms with Gasteiger partial charge in [0, 0.05) is 23.0 Å². The first-order valence-corrected chi connectivity index (χ1v) is 6.82. The monoisotopic (exact) mass is 305 g/mol. The highest BCUT2D eigenvalue weighted by Gasteiger charge is 2.10. The Hall–Kier alpha value is -1.19. The first kappa shape index (κ1) is 13.2. The lowest BCUT2D eigenvalue weighted by Crippen LogP contribution is -2.13. The van der Waals surface area contributed by atoms with E-state index in [1.807, 2.05) is 30.3 Å². The van der Waals surface area contributed by atoms with Crippen LogP contribution >= 0.6 is 15.9 Å². The second-order valence-electron chi connectivity index (χ2n) is 4.41. The van der Waals surface area contributed by atoms with Crippen LogP contribution in [0.3, 0.4) is 0 Å². The molecule has 0 aliphatic carbocycles. The quantitative estimate of drug-likeness (QED) is 0.920. The predicted octanol–water partition coefficient (Wildman–Crippen LogP) is 3.24. The van der Waals surface area contributed by atoms with Crippen molar-refractivity contribution in [1.29, 1.82) is 0 Å². The van der Waals surface area contributed by atoms with Gasteiger partial charge in [-0.2, -0.15) is 0 Å². The van der Waals surface area contributed by atoms with E-state index in [1.54, 1.807) is 6.20 Å². The molecule has 0 saturated carbocycles. The molecule has 1 aromatic carbocycles. The SMILES string of the molecule is OCC(Cc1ccccc1)Cc1ccc(Br)cn1. The van der Waals surface area contributed by atoms with Gasteiger partial charge in [-0.15, -0.1) is 0 Å². The summed E-state index contributed by atoms with van der Waals surface area (Å²) in [5.74, 6) is 0.223. The summed E-state index contributed by atoms with van der Waals surface area (Å²) in [6, 6.07) is 14.2. The summed E-state index contributed by atoms with van der Waals surface area (Å²) >= 11 is 3.37. The fraction of sp³-hybridized carbons (Fsp3) is 0.267. The van der Waals surface area contributed by atoms with E-state index >= 15 is 0 Å². The van der Waals surface area contributed by atoms with Gasteiger partial charge in [0.2, 0.25) is 0 Å². The molecule has 0 amide bonds. The Kier molecular flexibility index (Phi) is 4.90. The van der Waals surface area contributed by atoms with Crippen LogP contribution in [0.2, 0.25) is 0 Å². The number of aromatic nitrogens is 1. The summed E-state index contributed by atoms with van der Waals surface area (Å²) in [5, 5.41) is 9.47. The second-order valence-corrected chi connectivity index (χ2v) is 5.33. The molecule has 1 aromatic heterocycles. The maximum atomic E-state index is 9.47. The van der Waals surface area contributed by atoms with Crippen molar-refractivity contribution >= 4 is 15.9 Å². The highest BCUT2D eigenvalue weighted by molar-refractivity contribution is 9.10. The molecular formula is C15H16BrNO. The highest BCUT2D eigenvalue weighted by atomic mass is 79.9. The third kappa shape index (κ3) is 3.93. The van der Waals surface area contributed by atoms with Gasteiger partial charge in [0.05, 0.1) is 0 Å². The molecule has 1 N–H and O–H groups in total. The fourth-order valence-corrected chi connectivity index (χ4v) is 2.21. The van der Waals surface area contributed by atoms with Crippen molar-refractivity contribution in [2.75, 3.05) is 6.61 Å². The molecule has 0 radical (unpaired) electrons. The van der Waals surface area contributed by atoms with Crippen molar-refractivity contribution in [2.24, 2.45) is 5.92 Å². The molecule has 2 rings (SSSR count). The third-order valence-electron chi connectivity index (χ3n) is 2.91. The van der Waals surface area contributed by atoms with Crippen LogP contribution in [0.1, 0.15) is 11.3 Å². The number of pyridine rings is 1. The third-order valence-corrected chi connectivity index (χ3v) is 3.38. The lowest BCUT2D eigenvalue weighted by Gasteiger charge is -2.13. The number of aliphatic hydroxyl groups excluding tert-OH is 1. The topological polar surface area (TPSA) is 33.1 Å². The summed E-state index contributed by atoms with van der Waals surface area (Å²) in [6.45, 7) is 0.187. The van der Waals surface area contributed by atoms with Crippen molar-refractivity contribution in [2.45, 2.75) is 12.8 Å². The Morgan fingerprint density at radius 1 is 1.06 bits per heavy atom. The van der Waals surface area contributed by atoms with E-state index in [-0.39, 0.29) is 12.5 Å². The van der Waals surface area contributed by atoms with E-state index in [2.05, 4.69) is 33.0 Å². The molecule has 2 nitrogen and oxygen atoms in total. The van der Waals surface area contributed by atoms with Crippen molar-refractivity contribution in [1.82, 2.24) is 4.98 Å². The Bertz CT molecular complexity index is 470. The zero-order chi connectivity index (χ0) is 12.8. The van der Waals surface area contributed by atoms with Gasteiger partial charge in [-0.05, 0) is 52.4 Å². The van der Waals surface area contributed by atoms with Gasteiger partial charge in [0.25, 0.3) is 0 Å². The number of benzene rings is 1. The van der Waals surface area contributed by atoms with Gasteiger partial charge >= 0.3 is 0 Å². The molecule has 3 heteroatoms. The number of hydrogen-bond donors (Lipinski definition) is 1. The van der Waals surface area contributed by atoms with Crippen LogP contribution in [-0.2, 0) is 12.8 Å². The van der Waals surface area contributed by atoms with Gasteiger partial charge in [-0.25, -0.2) is 0 Å². The zero-order valence-corrected chi connectivity index (χ0v) is 11.7. The van der Waals surface area contributed by atoms with Gasteiger partial charge in [0.1, 0.15) is 0 Å². The molecule has 1 heterocycles. The van der Waals surface area contributed by atoms with Crippen molar-refractivity contribution in [3.8, 4) is 0 Å². The molecule has 0 spiro atoms. The summed E-state index contributed by atoms with van der Waals surface area (Å²) in [4.78, 5) is 4.35. The van der Waals surface area contributed by atoms with Crippen molar-refractivity contribution in [3.05, 3.63) is 64.4 Å². The minimum Gasteiger partial charge on any atom is -0.396 e. The second kappa shape index (κ2) is 6.66. The van der Waals surface area contributed by atoms with Crippen LogP contribution in [0, 0.1) is 5.92 Å². The standard InChI is InChI=1S/C15H16BrNO/c16-14-6-7-15(17-10-14)9-13(11-18)8-12-4-2-1-3-5-12/h1-7,10,13,18H,8-9,11H2. The maximum absolute atomic E-state index is 9.47. The molecule has 1 atom stereocenters. The lowest BCUT2D eigenvalue weighted by atomic mass is 9.95. The molecule has 0 aliphatic rings. The highest BCUT2D eigenvalue weighted by Crippen LogP contribution is 2.15. The molecule has 2 aromatic rings. The summed E-state index contributed by atoms with van der Waals surface area (Å²) in [6.07, 6.45) is 3.49. The molecule has 0 aliphatic heterocycles. The largest absolute Gasteiger partial charge is 0.396 e. The van der Waals surface area contributed by atoms with Gasteiger partial charge in [-0.1, -0.05) is 30.3 Å². The first-order valence-electron chi connectivity index (χ1n) is 6.03. The van der Waals surface area contributed by atoms with E-state index in [9.17, 15) is 5.11 Å². The molecule has 1 unspecified atom stereocenters. The molecule has 94 valence electrons. The smallest absolute Gasteiger partial charge is 0.0466 e. The summed E-state index contributed by atoms with van der Waals surface area (Å²) < 4.78 is 0.981. The summed E-state index contributed by atoms with van der Waals surface area (Å²) in [5.41, 5.74) is 2.28. The van der Waals surface area contributed by atoms with Crippen LogP contribution in [0.15, 0.2) is 53.1 Å². The van der Waals surface area contributed by atoms with Gasteiger partial charge < -0.3 is 5.11 Å². The van der Waals surface area contributed by atoms with E-state index in [1.165, 1.54) is 5.56 Å². The molecule has 0 saturated heterocycles. The van der Waals surface area contributed by atoms with E-state index in [0.29, 0.717) is 0 Å². The average molecular weight is 306 g/mol. The Morgan fingerprint density at radius 2 is 1.83 bits per heavy atom. The van der Waals surface area contributed by atoms with Crippen molar-refractivity contribution in [3.63, 3.8) is 0 Å². The number of halogens is 1. The van der Waals surface area contributed by atoms with Crippen LogP contribution in [-0.4, -0.2) is 16.7 Å². The Morgan fingerprint density at radius 3 is 2.44 bits per heavy atom. The van der Waals surface area contributed by atoms with Crippen LogP contribution in [0.25, 0.3) is 0 Å². The summed E-state index contributed by atoms with van der Waals surface area (Å²) in [7, 11) is 0. The molecule has 0 fully saturated rings. The molecular weight excluding hydrogens is 290 g/mol. The normalized spacial score (nSPS) is 12.3. The minimum atomic E-state index is 0.187. The van der Waals surface area contributed by atoms with E-state index in [0.717, 1.165) is 23.0 Å². The fourth-order valence-electron chi connectivity index (χ4n) is 1.97. The minimum absolute atomic E-state index is 0.187. The molecule has 0 bridgehead atoms. The van der Waals surface area contributed by atoms with Crippen LogP contribution in [0.5, 0.6) is 0 Å². The van der Waals surface area contributed by atoms with E-state index < -0.39 is 0 Å². The van der Waals surface area contributed by atoms with Gasteiger partial charge in [-0.3, -0.25) is 4.98 Å².